The second-order valence-corrected chi connectivity index (χ2v) is 7.13. The maximum absolute atomic E-state index is 12.8. The van der Waals surface area contributed by atoms with Crippen molar-refractivity contribution in [2.75, 3.05) is 31.8 Å². The van der Waals surface area contributed by atoms with Gasteiger partial charge in [-0.25, -0.2) is 4.79 Å². The number of amides is 2. The van der Waals surface area contributed by atoms with E-state index in [1.807, 2.05) is 29.2 Å². The fourth-order valence-electron chi connectivity index (χ4n) is 2.69. The van der Waals surface area contributed by atoms with E-state index in [9.17, 15) is 4.79 Å². The number of carbonyl (C=O) groups is 1. The van der Waals surface area contributed by atoms with Gasteiger partial charge < -0.3 is 19.7 Å². The zero-order chi connectivity index (χ0) is 17.8. The average molecular weight is 379 g/mol. The Hall–Kier alpha value is -2.05. The number of nitrogens with one attached hydrogen (secondary N) is 1. The van der Waals surface area contributed by atoms with Crippen LogP contribution in [0.4, 0.5) is 10.5 Å². The van der Waals surface area contributed by atoms with Crippen LogP contribution in [0, 0.1) is 0 Å². The summed E-state index contributed by atoms with van der Waals surface area (Å²) in [5.41, 5.74) is 1.65. The number of hydrogen-bond acceptors (Lipinski definition) is 4. The second kappa shape index (κ2) is 7.89. The van der Waals surface area contributed by atoms with Gasteiger partial charge >= 0.3 is 6.03 Å². The summed E-state index contributed by atoms with van der Waals surface area (Å²) in [6, 6.07) is 12.7. The van der Waals surface area contributed by atoms with E-state index in [2.05, 4.69) is 5.32 Å². The van der Waals surface area contributed by atoms with Gasteiger partial charge in [0.2, 0.25) is 0 Å². The summed E-state index contributed by atoms with van der Waals surface area (Å²) in [5.74, 6) is 2.13. The number of halogens is 1. The first-order chi connectivity index (χ1) is 12.1. The number of benzene rings is 2. The molecule has 0 bridgehead atoms. The Kier molecular flexibility index (Phi) is 5.60. The van der Waals surface area contributed by atoms with Gasteiger partial charge in [0.15, 0.2) is 0 Å². The number of urea groups is 1. The Balaban J connectivity index is 1.78. The van der Waals surface area contributed by atoms with Crippen LogP contribution in [0.5, 0.6) is 11.5 Å². The summed E-state index contributed by atoms with van der Waals surface area (Å²) in [4.78, 5) is 14.6. The number of rotatable bonds is 4. The van der Waals surface area contributed by atoms with Crippen molar-refractivity contribution in [1.82, 2.24) is 4.90 Å². The highest BCUT2D eigenvalue weighted by molar-refractivity contribution is 7.99. The zero-order valence-corrected chi connectivity index (χ0v) is 15.6. The molecule has 132 valence electrons. The molecule has 0 unspecified atom stereocenters. The summed E-state index contributed by atoms with van der Waals surface area (Å²) >= 11 is 7.81. The minimum absolute atomic E-state index is 0.0498. The maximum atomic E-state index is 12.8. The van der Waals surface area contributed by atoms with Crippen molar-refractivity contribution in [3.63, 3.8) is 0 Å². The van der Waals surface area contributed by atoms with Gasteiger partial charge in [-0.1, -0.05) is 23.7 Å². The van der Waals surface area contributed by atoms with E-state index in [4.69, 9.17) is 21.1 Å². The minimum atomic E-state index is -0.162. The van der Waals surface area contributed by atoms with Crippen LogP contribution in [0.2, 0.25) is 5.02 Å². The van der Waals surface area contributed by atoms with Crippen LogP contribution in [0.25, 0.3) is 0 Å². The fourth-order valence-corrected chi connectivity index (χ4v) is 4.13. The van der Waals surface area contributed by atoms with Crippen LogP contribution in [0.3, 0.4) is 0 Å². The van der Waals surface area contributed by atoms with E-state index in [-0.39, 0.29) is 11.4 Å². The van der Waals surface area contributed by atoms with Crippen LogP contribution in [0.15, 0.2) is 42.5 Å². The van der Waals surface area contributed by atoms with E-state index < -0.39 is 0 Å². The van der Waals surface area contributed by atoms with Gasteiger partial charge in [-0.3, -0.25) is 0 Å². The largest absolute Gasteiger partial charge is 0.497 e. The number of carbonyl (C=O) groups excluding carboxylic acids is 1. The predicted molar refractivity (Wildman–Crippen MR) is 102 cm³/mol. The number of methoxy groups -OCH3 is 2. The molecule has 1 aliphatic rings. The Morgan fingerprint density at radius 2 is 1.92 bits per heavy atom. The molecule has 0 saturated carbocycles. The zero-order valence-electron chi connectivity index (χ0n) is 14.0. The van der Waals surface area contributed by atoms with E-state index in [0.29, 0.717) is 28.8 Å². The van der Waals surface area contributed by atoms with E-state index in [0.717, 1.165) is 11.3 Å². The number of nitrogens with zero attached hydrogens (tertiary/aromatic N) is 1. The van der Waals surface area contributed by atoms with Crippen molar-refractivity contribution < 1.29 is 14.3 Å². The molecule has 2 aromatic carbocycles. The number of hydrogen-bond donors (Lipinski definition) is 1. The third kappa shape index (κ3) is 4.14. The van der Waals surface area contributed by atoms with Gasteiger partial charge in [0, 0.05) is 41.2 Å². The second-order valence-electron chi connectivity index (χ2n) is 5.50. The fraction of sp³-hybridized carbons (Fsp3) is 0.278. The summed E-state index contributed by atoms with van der Waals surface area (Å²) in [7, 11) is 3.15. The quantitative estimate of drug-likeness (QED) is 0.842. The van der Waals surface area contributed by atoms with Gasteiger partial charge in [-0.05, 0) is 17.7 Å². The normalized spacial score (nSPS) is 16.6. The monoisotopic (exact) mass is 378 g/mol. The molecular formula is C18H19ClN2O3S. The van der Waals surface area contributed by atoms with Gasteiger partial charge in [0.05, 0.1) is 14.2 Å². The highest BCUT2D eigenvalue weighted by Gasteiger charge is 2.31. The Bertz CT molecular complexity index is 749. The molecule has 7 heteroatoms. The molecule has 0 radical (unpaired) electrons. The van der Waals surface area contributed by atoms with Gasteiger partial charge in [0.25, 0.3) is 0 Å². The molecule has 0 aliphatic carbocycles. The average Bonchev–Trinajstić information content (AvgIpc) is 3.11. The van der Waals surface area contributed by atoms with Crippen molar-refractivity contribution >= 4 is 35.1 Å². The summed E-state index contributed by atoms with van der Waals surface area (Å²) in [6.45, 7) is 0.675. The summed E-state index contributed by atoms with van der Waals surface area (Å²) < 4.78 is 10.5. The molecule has 5 nitrogen and oxygen atoms in total. The van der Waals surface area contributed by atoms with Gasteiger partial charge in [-0.2, -0.15) is 0 Å². The molecule has 1 fully saturated rings. The molecule has 0 spiro atoms. The molecule has 1 N–H and O–H groups in total. The minimum Gasteiger partial charge on any atom is -0.497 e. The van der Waals surface area contributed by atoms with Crippen LogP contribution in [0.1, 0.15) is 10.9 Å². The first kappa shape index (κ1) is 17.8. The molecule has 1 saturated heterocycles. The van der Waals surface area contributed by atoms with E-state index in [1.165, 1.54) is 0 Å². The highest BCUT2D eigenvalue weighted by Crippen LogP contribution is 2.39. The SMILES string of the molecule is COc1cc(NC(=O)N2CCS[C@H]2c2cccc(Cl)c2)cc(OC)c1. The van der Waals surface area contributed by atoms with E-state index >= 15 is 0 Å². The van der Waals surface area contributed by atoms with Crippen molar-refractivity contribution in [2.45, 2.75) is 5.37 Å². The van der Waals surface area contributed by atoms with Crippen LogP contribution in [-0.2, 0) is 0 Å². The number of anilines is 1. The van der Waals surface area contributed by atoms with Crippen molar-refractivity contribution in [3.8, 4) is 11.5 Å². The summed E-state index contributed by atoms with van der Waals surface area (Å²) in [5, 5.41) is 3.55. The standard InChI is InChI=1S/C18H19ClN2O3S/c1-23-15-9-14(10-16(11-15)24-2)20-18(22)21-6-7-25-17(21)12-4-3-5-13(19)8-12/h3-5,8-11,17H,6-7H2,1-2H3,(H,20,22)/t17-/m0/s1. The Morgan fingerprint density at radius 1 is 1.20 bits per heavy atom. The lowest BCUT2D eigenvalue weighted by molar-refractivity contribution is 0.214. The smallest absolute Gasteiger partial charge is 0.323 e. The lowest BCUT2D eigenvalue weighted by atomic mass is 10.2. The Morgan fingerprint density at radius 3 is 2.56 bits per heavy atom. The highest BCUT2D eigenvalue weighted by atomic mass is 35.5. The van der Waals surface area contributed by atoms with Crippen molar-refractivity contribution in [2.24, 2.45) is 0 Å². The van der Waals surface area contributed by atoms with Crippen molar-refractivity contribution in [3.05, 3.63) is 53.1 Å². The first-order valence-corrected chi connectivity index (χ1v) is 9.21. The number of ether oxygens (including phenoxy) is 2. The molecule has 2 amide bonds. The molecule has 3 rings (SSSR count). The molecule has 0 aromatic heterocycles. The topological polar surface area (TPSA) is 50.8 Å². The van der Waals surface area contributed by atoms with Crippen LogP contribution in [-0.4, -0.2) is 37.4 Å². The third-order valence-electron chi connectivity index (χ3n) is 3.89. The lowest BCUT2D eigenvalue weighted by Crippen LogP contribution is -2.34. The molecule has 1 atom stereocenters. The van der Waals surface area contributed by atoms with Crippen LogP contribution >= 0.6 is 23.4 Å². The van der Waals surface area contributed by atoms with Crippen molar-refractivity contribution in [1.29, 1.82) is 0 Å². The lowest BCUT2D eigenvalue weighted by Gasteiger charge is -2.24. The molecule has 1 aliphatic heterocycles. The van der Waals surface area contributed by atoms with E-state index in [1.54, 1.807) is 44.2 Å². The molecule has 1 heterocycles. The predicted octanol–water partition coefficient (Wildman–Crippen LogP) is 4.64. The van der Waals surface area contributed by atoms with Gasteiger partial charge in [-0.15, -0.1) is 11.8 Å². The van der Waals surface area contributed by atoms with Gasteiger partial charge in [0.1, 0.15) is 16.9 Å². The molecule has 2 aromatic rings. The number of thioether (sulfide) groups is 1. The molecular weight excluding hydrogens is 360 g/mol. The third-order valence-corrected chi connectivity index (χ3v) is 5.38. The molecule has 25 heavy (non-hydrogen) atoms. The van der Waals surface area contributed by atoms with Crippen LogP contribution < -0.4 is 14.8 Å². The maximum Gasteiger partial charge on any atom is 0.323 e. The Labute approximate surface area is 156 Å². The first-order valence-electron chi connectivity index (χ1n) is 7.78. The summed E-state index contributed by atoms with van der Waals surface area (Å²) in [6.07, 6.45) is 0.